The highest BCUT2D eigenvalue weighted by Gasteiger charge is 2.21. The first-order valence-corrected chi connectivity index (χ1v) is 9.62. The number of rotatable bonds is 6. The molecule has 1 N–H and O–H groups in total. The lowest BCUT2D eigenvalue weighted by molar-refractivity contribution is 0.155. The lowest BCUT2D eigenvalue weighted by Gasteiger charge is -2.36. The number of aryl methyl sites for hydroxylation is 1. The third-order valence-corrected chi connectivity index (χ3v) is 5.40. The van der Waals surface area contributed by atoms with Gasteiger partial charge in [-0.25, -0.2) is 0 Å². The van der Waals surface area contributed by atoms with E-state index in [1.54, 1.807) is 0 Å². The smallest absolute Gasteiger partial charge is 0.0224 e. The quantitative estimate of drug-likeness (QED) is 0.717. The van der Waals surface area contributed by atoms with Gasteiger partial charge in [-0.2, -0.15) is 0 Å². The van der Waals surface area contributed by atoms with Crippen LogP contribution in [0.25, 0.3) is 0 Å². The molecule has 1 unspecified atom stereocenters. The molecule has 0 bridgehead atoms. The topological polar surface area (TPSA) is 15.3 Å². The van der Waals surface area contributed by atoms with Crippen LogP contribution in [0.5, 0.6) is 0 Å². The molecular weight excluding hydrogens is 395 g/mol. The van der Waals surface area contributed by atoms with Crippen molar-refractivity contribution < 1.29 is 0 Å². The predicted molar refractivity (Wildman–Crippen MR) is 106 cm³/mol. The summed E-state index contributed by atoms with van der Waals surface area (Å²) in [5.74, 6) is 0. The van der Waals surface area contributed by atoms with Crippen LogP contribution in [0.2, 0.25) is 0 Å². The molecule has 3 heteroatoms. The first kappa shape index (κ1) is 16.9. The highest BCUT2D eigenvalue weighted by molar-refractivity contribution is 14.1. The van der Waals surface area contributed by atoms with Crippen molar-refractivity contribution >= 4 is 22.6 Å². The Hall–Kier alpha value is -0.910. The minimum atomic E-state index is 0.659. The van der Waals surface area contributed by atoms with Gasteiger partial charge in [0.25, 0.3) is 0 Å². The van der Waals surface area contributed by atoms with Crippen molar-refractivity contribution in [1.82, 2.24) is 10.2 Å². The molecule has 0 aliphatic carbocycles. The number of nitrogens with one attached hydrogen (secondary N) is 1. The number of hydrogen-bond donors (Lipinski definition) is 1. The van der Waals surface area contributed by atoms with E-state index in [0.717, 1.165) is 19.5 Å². The van der Waals surface area contributed by atoms with Crippen molar-refractivity contribution in [2.75, 3.05) is 26.2 Å². The summed E-state index contributed by atoms with van der Waals surface area (Å²) >= 11 is 2.37. The summed E-state index contributed by atoms with van der Waals surface area (Å²) in [6, 6.07) is 20.5. The molecule has 1 aliphatic heterocycles. The van der Waals surface area contributed by atoms with Crippen LogP contribution in [0, 0.1) is 3.57 Å². The Morgan fingerprint density at radius 2 is 1.70 bits per heavy atom. The van der Waals surface area contributed by atoms with Crippen LogP contribution in [0.1, 0.15) is 17.5 Å². The minimum absolute atomic E-state index is 0.659. The molecule has 0 radical (unpaired) electrons. The predicted octanol–water partition coefficient (Wildman–Crippen LogP) is 3.74. The van der Waals surface area contributed by atoms with Gasteiger partial charge in [0.15, 0.2) is 0 Å². The van der Waals surface area contributed by atoms with E-state index in [1.807, 2.05) is 0 Å². The molecule has 2 aromatic rings. The van der Waals surface area contributed by atoms with Crippen molar-refractivity contribution in [2.24, 2.45) is 0 Å². The van der Waals surface area contributed by atoms with E-state index in [1.165, 1.54) is 40.6 Å². The molecule has 1 saturated heterocycles. The second-order valence-corrected chi connectivity index (χ2v) is 7.54. The Morgan fingerprint density at radius 3 is 2.48 bits per heavy atom. The molecule has 122 valence electrons. The van der Waals surface area contributed by atoms with E-state index in [4.69, 9.17) is 0 Å². The van der Waals surface area contributed by atoms with Crippen LogP contribution in [-0.4, -0.2) is 37.1 Å². The van der Waals surface area contributed by atoms with Gasteiger partial charge in [-0.05, 0) is 65.1 Å². The molecule has 1 atom stereocenters. The molecule has 23 heavy (non-hydrogen) atoms. The molecule has 0 spiro atoms. The van der Waals surface area contributed by atoms with Gasteiger partial charge < -0.3 is 5.32 Å². The van der Waals surface area contributed by atoms with Gasteiger partial charge in [0, 0.05) is 35.8 Å². The summed E-state index contributed by atoms with van der Waals surface area (Å²) < 4.78 is 1.31. The molecule has 1 aliphatic rings. The Bertz CT molecular complexity index is 582. The molecule has 2 nitrogen and oxygen atoms in total. The Labute approximate surface area is 153 Å². The van der Waals surface area contributed by atoms with Crippen molar-refractivity contribution in [3.8, 4) is 0 Å². The van der Waals surface area contributed by atoms with Crippen LogP contribution in [0.3, 0.4) is 0 Å². The maximum absolute atomic E-state index is 3.57. The highest BCUT2D eigenvalue weighted by Crippen LogP contribution is 2.14. The van der Waals surface area contributed by atoms with Crippen molar-refractivity contribution in [1.29, 1.82) is 0 Å². The zero-order valence-corrected chi connectivity index (χ0v) is 15.7. The number of piperazine rings is 1. The first-order valence-electron chi connectivity index (χ1n) is 8.54. The van der Waals surface area contributed by atoms with E-state index in [0.29, 0.717) is 6.04 Å². The molecule has 0 aromatic heterocycles. The summed E-state index contributed by atoms with van der Waals surface area (Å²) in [5.41, 5.74) is 2.90. The van der Waals surface area contributed by atoms with E-state index < -0.39 is 0 Å². The third kappa shape index (κ3) is 5.30. The Morgan fingerprint density at radius 1 is 0.957 bits per heavy atom. The van der Waals surface area contributed by atoms with Gasteiger partial charge in [-0.3, -0.25) is 4.90 Å². The largest absolute Gasteiger partial charge is 0.314 e. The summed E-state index contributed by atoms with van der Waals surface area (Å²) in [5, 5.41) is 3.57. The third-order valence-electron chi connectivity index (χ3n) is 4.68. The summed E-state index contributed by atoms with van der Waals surface area (Å²) in [4.78, 5) is 2.68. The van der Waals surface area contributed by atoms with Crippen LogP contribution < -0.4 is 5.32 Å². The number of halogens is 1. The van der Waals surface area contributed by atoms with Crippen LogP contribution in [0.4, 0.5) is 0 Å². The fraction of sp³-hybridized carbons (Fsp3) is 0.400. The maximum Gasteiger partial charge on any atom is 0.0224 e. The lowest BCUT2D eigenvalue weighted by atomic mass is 10.0. The SMILES string of the molecule is Ic1ccc(CCC2CNCCN2CCc2ccccc2)cc1. The molecule has 2 aromatic carbocycles. The summed E-state index contributed by atoms with van der Waals surface area (Å²) in [6.45, 7) is 4.58. The van der Waals surface area contributed by atoms with Gasteiger partial charge in [-0.15, -0.1) is 0 Å². The number of nitrogens with zero attached hydrogens (tertiary/aromatic N) is 1. The Balaban J connectivity index is 1.52. The zero-order valence-electron chi connectivity index (χ0n) is 13.5. The highest BCUT2D eigenvalue weighted by atomic mass is 127. The van der Waals surface area contributed by atoms with Gasteiger partial charge in [-0.1, -0.05) is 42.5 Å². The fourth-order valence-corrected chi connectivity index (χ4v) is 3.64. The number of hydrogen-bond acceptors (Lipinski definition) is 2. The standard InChI is InChI=1S/C20H25IN2/c21-19-9-6-18(7-10-19)8-11-20-16-22-13-15-23(20)14-12-17-4-2-1-3-5-17/h1-7,9-10,20,22H,8,11-16H2. The Kier molecular flexibility index (Phi) is 6.48. The van der Waals surface area contributed by atoms with E-state index in [-0.39, 0.29) is 0 Å². The zero-order chi connectivity index (χ0) is 15.9. The molecule has 3 rings (SSSR count). The van der Waals surface area contributed by atoms with Crippen molar-refractivity contribution in [3.05, 3.63) is 69.3 Å². The van der Waals surface area contributed by atoms with Gasteiger partial charge >= 0.3 is 0 Å². The minimum Gasteiger partial charge on any atom is -0.314 e. The van der Waals surface area contributed by atoms with E-state index >= 15 is 0 Å². The van der Waals surface area contributed by atoms with Gasteiger partial charge in [0.1, 0.15) is 0 Å². The fourth-order valence-electron chi connectivity index (χ4n) is 3.28. The van der Waals surface area contributed by atoms with Gasteiger partial charge in [0.2, 0.25) is 0 Å². The lowest BCUT2D eigenvalue weighted by Crippen LogP contribution is -2.51. The second kappa shape index (κ2) is 8.81. The average molecular weight is 420 g/mol. The van der Waals surface area contributed by atoms with Crippen LogP contribution >= 0.6 is 22.6 Å². The van der Waals surface area contributed by atoms with E-state index in [2.05, 4.69) is 87.4 Å². The van der Waals surface area contributed by atoms with Crippen molar-refractivity contribution in [2.45, 2.75) is 25.3 Å². The van der Waals surface area contributed by atoms with Crippen molar-refractivity contribution in [3.63, 3.8) is 0 Å². The summed E-state index contributed by atoms with van der Waals surface area (Å²) in [6.07, 6.45) is 3.56. The van der Waals surface area contributed by atoms with E-state index in [9.17, 15) is 0 Å². The van der Waals surface area contributed by atoms with Gasteiger partial charge in [0.05, 0.1) is 0 Å². The summed E-state index contributed by atoms with van der Waals surface area (Å²) in [7, 11) is 0. The second-order valence-electron chi connectivity index (χ2n) is 6.29. The van der Waals surface area contributed by atoms with Crippen LogP contribution in [0.15, 0.2) is 54.6 Å². The number of benzene rings is 2. The molecule has 1 fully saturated rings. The monoisotopic (exact) mass is 420 g/mol. The maximum atomic E-state index is 3.57. The molecule has 1 heterocycles. The average Bonchev–Trinajstić information content (AvgIpc) is 2.61. The normalized spacial score (nSPS) is 18.9. The molecule has 0 amide bonds. The molecule has 0 saturated carbocycles. The first-order chi connectivity index (χ1) is 11.3. The molecular formula is C20H25IN2. The van der Waals surface area contributed by atoms with Crippen LogP contribution in [-0.2, 0) is 12.8 Å².